The molecule has 4 aromatic rings. The summed E-state index contributed by atoms with van der Waals surface area (Å²) in [5.74, 6) is 0.384. The Morgan fingerprint density at radius 1 is 1.10 bits per heavy atom. The second-order valence-electron chi connectivity index (χ2n) is 6.83. The van der Waals surface area contributed by atoms with E-state index in [9.17, 15) is 9.59 Å². The number of imide groups is 1. The molecule has 1 aliphatic heterocycles. The van der Waals surface area contributed by atoms with Gasteiger partial charge < -0.3 is 9.15 Å². The summed E-state index contributed by atoms with van der Waals surface area (Å²) in [5, 5.41) is 0.592. The Balaban J connectivity index is 1.40. The average Bonchev–Trinajstić information content (AvgIpc) is 3.33. The van der Waals surface area contributed by atoms with Crippen LogP contribution in [0.1, 0.15) is 17.7 Å². The zero-order valence-electron chi connectivity index (χ0n) is 15.9. The molecule has 7 nitrogen and oxygen atoms in total. The van der Waals surface area contributed by atoms with E-state index in [2.05, 4.69) is 9.97 Å². The highest BCUT2D eigenvalue weighted by Gasteiger charge is 2.37. The lowest BCUT2D eigenvalue weighted by molar-refractivity contribution is -0.136. The van der Waals surface area contributed by atoms with Gasteiger partial charge in [-0.15, -0.1) is 0 Å². The number of hydrogen-bond acceptors (Lipinski definition) is 7. The molecular weight excluding hydrogens is 402 g/mol. The summed E-state index contributed by atoms with van der Waals surface area (Å²) in [6, 6.07) is 17.1. The highest BCUT2D eigenvalue weighted by Crippen LogP contribution is 2.32. The van der Waals surface area contributed by atoms with Crippen LogP contribution in [0.5, 0.6) is 0 Å². The molecule has 0 spiro atoms. The molecule has 2 aromatic heterocycles. The van der Waals surface area contributed by atoms with Gasteiger partial charge in [-0.3, -0.25) is 14.6 Å². The van der Waals surface area contributed by atoms with E-state index in [4.69, 9.17) is 9.15 Å². The first-order valence-electron chi connectivity index (χ1n) is 9.48. The molecule has 2 amide bonds. The maximum Gasteiger partial charge on any atom is 0.291 e. The number of ether oxygens (including phenoxy) is 1. The van der Waals surface area contributed by atoms with Crippen molar-refractivity contribution < 1.29 is 18.7 Å². The van der Waals surface area contributed by atoms with Crippen molar-refractivity contribution in [2.75, 3.05) is 12.4 Å². The number of aromatic nitrogens is 2. The van der Waals surface area contributed by atoms with Gasteiger partial charge in [-0.2, -0.15) is 0 Å². The predicted octanol–water partition coefficient (Wildman–Crippen LogP) is 4.33. The summed E-state index contributed by atoms with van der Waals surface area (Å²) < 4.78 is 11.8. The van der Waals surface area contributed by atoms with Crippen molar-refractivity contribution >= 4 is 44.9 Å². The minimum Gasteiger partial charge on any atom is -0.441 e. The number of thioether (sulfide) groups is 1. The number of nitrogens with zero attached hydrogens (tertiary/aromatic N) is 3. The van der Waals surface area contributed by atoms with Gasteiger partial charge in [0.05, 0.1) is 17.9 Å². The van der Waals surface area contributed by atoms with Gasteiger partial charge in [-0.1, -0.05) is 42.1 Å². The molecule has 2 aromatic carbocycles. The first-order chi connectivity index (χ1) is 14.7. The van der Waals surface area contributed by atoms with E-state index in [1.807, 2.05) is 54.6 Å². The number of hydrogen-bond donors (Lipinski definition) is 0. The average molecular weight is 419 g/mol. The highest BCUT2D eigenvalue weighted by atomic mass is 32.2. The van der Waals surface area contributed by atoms with Crippen molar-refractivity contribution in [1.82, 2.24) is 14.9 Å². The van der Waals surface area contributed by atoms with Crippen molar-refractivity contribution in [3.05, 3.63) is 72.2 Å². The Morgan fingerprint density at radius 2 is 1.90 bits per heavy atom. The minimum absolute atomic E-state index is 0.116. The van der Waals surface area contributed by atoms with Gasteiger partial charge >= 0.3 is 0 Å². The maximum absolute atomic E-state index is 12.4. The topological polar surface area (TPSA) is 85.5 Å². The van der Waals surface area contributed by atoms with Gasteiger partial charge in [0.1, 0.15) is 5.52 Å². The lowest BCUT2D eigenvalue weighted by Crippen LogP contribution is -2.35. The van der Waals surface area contributed by atoms with Crippen molar-refractivity contribution in [3.8, 4) is 0 Å². The first kappa shape index (κ1) is 18.8. The van der Waals surface area contributed by atoms with Gasteiger partial charge in [0.2, 0.25) is 5.91 Å². The van der Waals surface area contributed by atoms with Crippen LogP contribution in [0.4, 0.5) is 4.79 Å². The minimum atomic E-state index is -0.846. The van der Waals surface area contributed by atoms with Crippen LogP contribution >= 0.6 is 11.8 Å². The number of para-hydroxylation sites is 3. The Bertz CT molecular complexity index is 1210. The lowest BCUT2D eigenvalue weighted by Gasteiger charge is -2.25. The van der Waals surface area contributed by atoms with Crippen LogP contribution in [0.3, 0.4) is 0 Å². The largest absolute Gasteiger partial charge is 0.441 e. The fourth-order valence-corrected chi connectivity index (χ4v) is 4.14. The van der Waals surface area contributed by atoms with E-state index in [0.29, 0.717) is 23.5 Å². The third kappa shape index (κ3) is 3.55. The number of fused-ring (bicyclic) bond motifs is 2. The third-order valence-electron chi connectivity index (χ3n) is 4.85. The molecule has 0 N–H and O–H groups in total. The van der Waals surface area contributed by atoms with Gasteiger partial charge in [0.25, 0.3) is 5.24 Å². The Hall–Kier alpha value is -3.23. The fourth-order valence-electron chi connectivity index (χ4n) is 3.42. The molecule has 30 heavy (non-hydrogen) atoms. The summed E-state index contributed by atoms with van der Waals surface area (Å²) in [4.78, 5) is 34.8. The van der Waals surface area contributed by atoms with Gasteiger partial charge in [-0.05, 0) is 24.3 Å². The molecule has 1 atom stereocenters. The molecule has 1 saturated heterocycles. The van der Waals surface area contributed by atoms with E-state index in [-0.39, 0.29) is 23.5 Å². The normalized spacial score (nSPS) is 15.4. The summed E-state index contributed by atoms with van der Waals surface area (Å²) in [6.07, 6.45) is 1.22. The van der Waals surface area contributed by atoms with E-state index < -0.39 is 6.23 Å². The van der Waals surface area contributed by atoms with E-state index in [0.717, 1.165) is 28.2 Å². The zero-order valence-corrected chi connectivity index (χ0v) is 16.7. The lowest BCUT2D eigenvalue weighted by atomic mass is 10.1. The molecule has 1 fully saturated rings. The molecule has 0 bridgehead atoms. The number of carbonyl (C=O) groups excluding carboxylic acids is 2. The number of oxazole rings is 1. The second kappa shape index (κ2) is 7.89. The van der Waals surface area contributed by atoms with Crippen LogP contribution < -0.4 is 0 Å². The SMILES string of the molecule is O=C1CSC(=O)N1C(OCCc1nc2ccccc2o1)c1cnc2ccccc2c1. The maximum atomic E-state index is 12.4. The molecule has 150 valence electrons. The molecule has 1 unspecified atom stereocenters. The van der Waals surface area contributed by atoms with Crippen LogP contribution in [0.25, 0.3) is 22.0 Å². The molecule has 0 radical (unpaired) electrons. The van der Waals surface area contributed by atoms with Crippen LogP contribution in [0.2, 0.25) is 0 Å². The Kier molecular flexibility index (Phi) is 4.94. The predicted molar refractivity (Wildman–Crippen MR) is 113 cm³/mol. The van der Waals surface area contributed by atoms with Crippen LogP contribution in [-0.4, -0.2) is 38.4 Å². The van der Waals surface area contributed by atoms with Crippen molar-refractivity contribution in [3.63, 3.8) is 0 Å². The quantitative estimate of drug-likeness (QED) is 0.460. The molecule has 1 aliphatic rings. The number of pyridine rings is 1. The van der Waals surface area contributed by atoms with Gasteiger partial charge in [0.15, 0.2) is 17.7 Å². The highest BCUT2D eigenvalue weighted by molar-refractivity contribution is 8.14. The van der Waals surface area contributed by atoms with Gasteiger partial charge in [-0.25, -0.2) is 9.88 Å². The van der Waals surface area contributed by atoms with E-state index in [1.165, 1.54) is 4.90 Å². The number of carbonyl (C=O) groups is 2. The van der Waals surface area contributed by atoms with Gasteiger partial charge in [0, 0.05) is 23.6 Å². The summed E-state index contributed by atoms with van der Waals surface area (Å²) in [7, 11) is 0. The van der Waals surface area contributed by atoms with E-state index in [1.54, 1.807) is 6.20 Å². The van der Waals surface area contributed by atoms with Crippen LogP contribution in [0.15, 0.2) is 65.2 Å². The number of amides is 2. The second-order valence-corrected chi connectivity index (χ2v) is 7.75. The van der Waals surface area contributed by atoms with Crippen molar-refractivity contribution in [2.45, 2.75) is 12.6 Å². The van der Waals surface area contributed by atoms with E-state index >= 15 is 0 Å². The fraction of sp³-hybridized carbons (Fsp3) is 0.182. The Labute approximate surface area is 176 Å². The van der Waals surface area contributed by atoms with Crippen molar-refractivity contribution in [2.24, 2.45) is 0 Å². The molecule has 3 heterocycles. The summed E-state index contributed by atoms with van der Waals surface area (Å²) >= 11 is 0.979. The van der Waals surface area contributed by atoms with Crippen LogP contribution in [0, 0.1) is 0 Å². The Morgan fingerprint density at radius 3 is 2.70 bits per heavy atom. The molecule has 8 heteroatoms. The summed E-state index contributed by atoms with van der Waals surface area (Å²) in [6.45, 7) is 0.228. The third-order valence-corrected chi connectivity index (χ3v) is 5.68. The smallest absolute Gasteiger partial charge is 0.291 e. The molecule has 0 saturated carbocycles. The summed E-state index contributed by atoms with van der Waals surface area (Å²) in [5.41, 5.74) is 2.98. The number of rotatable bonds is 6. The van der Waals surface area contributed by atoms with Crippen LogP contribution in [-0.2, 0) is 16.0 Å². The molecule has 5 rings (SSSR count). The standard InChI is InChI=1S/C22H17N3O4S/c26-20-13-30-22(27)25(20)21(15-11-14-5-1-2-6-16(14)23-12-15)28-10-9-19-24-17-7-3-4-8-18(17)29-19/h1-8,11-12,21H,9-10,13H2. The monoisotopic (exact) mass is 419 g/mol. The number of benzene rings is 2. The van der Waals surface area contributed by atoms with Crippen molar-refractivity contribution in [1.29, 1.82) is 0 Å². The first-order valence-corrected chi connectivity index (χ1v) is 10.5. The molecular formula is C22H17N3O4S. The molecule has 0 aliphatic carbocycles. The zero-order chi connectivity index (χ0) is 20.5.